The maximum Gasteiger partial charge on any atom is 0.315 e. The van der Waals surface area contributed by atoms with Crippen LogP contribution in [0.15, 0.2) is 55.3 Å². The number of aryl methyl sites for hydroxylation is 1. The van der Waals surface area contributed by atoms with Gasteiger partial charge in [-0.05, 0) is 77.7 Å². The lowest BCUT2D eigenvalue weighted by molar-refractivity contribution is 0.234. The first kappa shape index (κ1) is 23.6. The Morgan fingerprint density at radius 3 is 2.73 bits per heavy atom. The number of fused-ring (bicyclic) bond motifs is 1. The van der Waals surface area contributed by atoms with Crippen molar-refractivity contribution in [2.24, 2.45) is 0 Å². The summed E-state index contributed by atoms with van der Waals surface area (Å²) >= 11 is 6.20. The van der Waals surface area contributed by atoms with Gasteiger partial charge in [-0.25, -0.2) is 4.79 Å². The summed E-state index contributed by atoms with van der Waals surface area (Å²) in [5.74, 6) is 0. The SMILES string of the molecule is C=C(/C=C(/CNC(=O)NC1CCCCC1)c1ccc(Cl)cc1C)c1c[nH]c2ccc(P)cc12. The Balaban J connectivity index is 1.59. The Kier molecular flexibility index (Phi) is 7.57. The number of urea groups is 1. The number of allylic oxidation sites excluding steroid dienone is 2. The number of carbonyl (C=O) groups is 1. The maximum atomic E-state index is 12.6. The molecule has 1 aliphatic carbocycles. The molecule has 3 N–H and O–H groups in total. The molecule has 3 aromatic rings. The van der Waals surface area contributed by atoms with Crippen molar-refractivity contribution >= 4 is 54.2 Å². The van der Waals surface area contributed by atoms with Crippen LogP contribution in [0.2, 0.25) is 5.02 Å². The molecule has 0 radical (unpaired) electrons. The van der Waals surface area contributed by atoms with Crippen LogP contribution in [0.3, 0.4) is 0 Å². The van der Waals surface area contributed by atoms with Gasteiger partial charge in [-0.1, -0.05) is 49.6 Å². The molecule has 1 aromatic heterocycles. The van der Waals surface area contributed by atoms with E-state index >= 15 is 0 Å². The fraction of sp³-hybridized carbons (Fsp3) is 0.296. The average molecular weight is 480 g/mol. The van der Waals surface area contributed by atoms with Gasteiger partial charge in [0.1, 0.15) is 0 Å². The Bertz CT molecular complexity index is 1210. The van der Waals surface area contributed by atoms with Gasteiger partial charge in [-0.15, -0.1) is 9.24 Å². The number of rotatable bonds is 6. The molecule has 1 saturated carbocycles. The predicted octanol–water partition coefficient (Wildman–Crippen LogP) is 6.36. The highest BCUT2D eigenvalue weighted by Crippen LogP contribution is 2.29. The lowest BCUT2D eigenvalue weighted by atomic mass is 9.95. The van der Waals surface area contributed by atoms with Gasteiger partial charge in [-0.2, -0.15) is 0 Å². The number of benzene rings is 2. The van der Waals surface area contributed by atoms with E-state index in [0.29, 0.717) is 11.6 Å². The summed E-state index contributed by atoms with van der Waals surface area (Å²) in [6.07, 6.45) is 9.79. The molecule has 4 nitrogen and oxygen atoms in total. The van der Waals surface area contributed by atoms with E-state index in [-0.39, 0.29) is 12.1 Å². The highest BCUT2D eigenvalue weighted by Gasteiger charge is 2.16. The molecular formula is C27H31ClN3OP. The van der Waals surface area contributed by atoms with Crippen molar-refractivity contribution in [2.75, 3.05) is 6.54 Å². The molecule has 0 spiro atoms. The van der Waals surface area contributed by atoms with Crippen LogP contribution in [0, 0.1) is 6.92 Å². The first-order chi connectivity index (χ1) is 15.9. The number of hydrogen-bond acceptors (Lipinski definition) is 1. The lowest BCUT2D eigenvalue weighted by Gasteiger charge is -2.23. The number of hydrogen-bond donors (Lipinski definition) is 3. The van der Waals surface area contributed by atoms with Crippen molar-refractivity contribution in [3.63, 3.8) is 0 Å². The number of nitrogens with one attached hydrogen (secondary N) is 3. The van der Waals surface area contributed by atoms with Crippen LogP contribution < -0.4 is 15.9 Å². The van der Waals surface area contributed by atoms with Crippen LogP contribution >= 0.6 is 20.8 Å². The second kappa shape index (κ2) is 10.6. The molecule has 0 aliphatic heterocycles. The Morgan fingerprint density at radius 1 is 1.18 bits per heavy atom. The molecule has 0 bridgehead atoms. The third kappa shape index (κ3) is 5.88. The Labute approximate surface area is 203 Å². The van der Waals surface area contributed by atoms with Crippen molar-refractivity contribution in [2.45, 2.75) is 45.1 Å². The smallest absolute Gasteiger partial charge is 0.315 e. The van der Waals surface area contributed by atoms with E-state index < -0.39 is 0 Å². The standard InChI is InChI=1S/C27H31ClN3OP/c1-17(25-16-29-26-11-9-22(33)14-24(25)26)12-19(23-10-8-20(28)13-18(23)2)15-30-27(32)31-21-6-4-3-5-7-21/h8-14,16,21,29H,1,3-7,15,33H2,2H3,(H2,30,31,32)/b19-12-. The van der Waals surface area contributed by atoms with Crippen LogP contribution in [-0.2, 0) is 0 Å². The van der Waals surface area contributed by atoms with Crippen molar-refractivity contribution in [1.82, 2.24) is 15.6 Å². The van der Waals surface area contributed by atoms with Gasteiger partial charge in [0.2, 0.25) is 0 Å². The van der Waals surface area contributed by atoms with Gasteiger partial charge in [0, 0.05) is 40.3 Å². The minimum Gasteiger partial charge on any atom is -0.361 e. The van der Waals surface area contributed by atoms with Gasteiger partial charge >= 0.3 is 6.03 Å². The third-order valence-corrected chi connectivity index (χ3v) is 6.91. The van der Waals surface area contributed by atoms with E-state index in [9.17, 15) is 4.79 Å². The van der Waals surface area contributed by atoms with Crippen LogP contribution in [0.4, 0.5) is 4.79 Å². The first-order valence-corrected chi connectivity index (χ1v) is 12.4. The molecule has 0 saturated heterocycles. The summed E-state index contributed by atoms with van der Waals surface area (Å²) in [7, 11) is 2.74. The predicted molar refractivity (Wildman–Crippen MR) is 144 cm³/mol. The highest BCUT2D eigenvalue weighted by molar-refractivity contribution is 7.27. The normalized spacial score (nSPS) is 14.9. The Hall–Kier alpha value is -2.55. The van der Waals surface area contributed by atoms with Crippen LogP contribution in [-0.4, -0.2) is 23.6 Å². The molecule has 33 heavy (non-hydrogen) atoms. The van der Waals surface area contributed by atoms with E-state index in [1.165, 1.54) is 19.3 Å². The largest absolute Gasteiger partial charge is 0.361 e. The van der Waals surface area contributed by atoms with E-state index in [0.717, 1.165) is 56.9 Å². The van der Waals surface area contributed by atoms with Crippen molar-refractivity contribution in [1.29, 1.82) is 0 Å². The number of aromatic amines is 1. The maximum absolute atomic E-state index is 12.6. The highest BCUT2D eigenvalue weighted by atomic mass is 35.5. The molecule has 2 amide bonds. The van der Waals surface area contributed by atoms with Gasteiger partial charge in [0.05, 0.1) is 0 Å². The number of H-pyrrole nitrogens is 1. The Morgan fingerprint density at radius 2 is 1.97 bits per heavy atom. The minimum absolute atomic E-state index is 0.121. The molecule has 1 aliphatic rings. The zero-order valence-corrected chi connectivity index (χ0v) is 20.9. The molecule has 1 unspecified atom stereocenters. The zero-order chi connectivity index (χ0) is 23.4. The van der Waals surface area contributed by atoms with Crippen molar-refractivity contribution < 1.29 is 4.79 Å². The van der Waals surface area contributed by atoms with Crippen molar-refractivity contribution in [3.05, 3.63) is 77.0 Å². The quantitative estimate of drug-likeness (QED) is 0.279. The van der Waals surface area contributed by atoms with E-state index in [2.05, 4.69) is 55.7 Å². The molecule has 4 rings (SSSR count). The van der Waals surface area contributed by atoms with E-state index in [1.807, 2.05) is 31.3 Å². The molecule has 2 aromatic carbocycles. The summed E-state index contributed by atoms with van der Waals surface area (Å²) < 4.78 is 0. The van der Waals surface area contributed by atoms with Gasteiger partial charge in [0.25, 0.3) is 0 Å². The zero-order valence-electron chi connectivity index (χ0n) is 19.0. The van der Waals surface area contributed by atoms with Crippen LogP contribution in [0.1, 0.15) is 48.8 Å². The fourth-order valence-electron chi connectivity index (χ4n) is 4.56. The van der Waals surface area contributed by atoms with Gasteiger partial charge in [-0.3, -0.25) is 0 Å². The van der Waals surface area contributed by atoms with Gasteiger partial charge < -0.3 is 15.6 Å². The van der Waals surface area contributed by atoms with E-state index in [1.54, 1.807) is 0 Å². The topological polar surface area (TPSA) is 56.9 Å². The first-order valence-electron chi connectivity index (χ1n) is 11.5. The number of carbonyl (C=O) groups excluding carboxylic acids is 1. The van der Waals surface area contributed by atoms with Crippen LogP contribution in [0.25, 0.3) is 22.0 Å². The molecular weight excluding hydrogens is 449 g/mol. The van der Waals surface area contributed by atoms with E-state index in [4.69, 9.17) is 11.6 Å². The summed E-state index contributed by atoms with van der Waals surface area (Å²) in [6.45, 7) is 6.79. The van der Waals surface area contributed by atoms with Crippen molar-refractivity contribution in [3.8, 4) is 0 Å². The third-order valence-electron chi connectivity index (χ3n) is 6.31. The number of aromatic nitrogens is 1. The lowest BCUT2D eigenvalue weighted by Crippen LogP contribution is -2.43. The van der Waals surface area contributed by atoms with Crippen LogP contribution in [0.5, 0.6) is 0 Å². The minimum atomic E-state index is -0.121. The molecule has 1 atom stereocenters. The fourth-order valence-corrected chi connectivity index (χ4v) is 5.05. The van der Waals surface area contributed by atoms with Gasteiger partial charge in [0.15, 0.2) is 0 Å². The second-order valence-electron chi connectivity index (χ2n) is 8.82. The molecule has 1 heterocycles. The number of halogens is 1. The molecule has 172 valence electrons. The summed E-state index contributed by atoms with van der Waals surface area (Å²) in [4.78, 5) is 15.9. The summed E-state index contributed by atoms with van der Waals surface area (Å²) in [6, 6.07) is 12.2. The summed E-state index contributed by atoms with van der Waals surface area (Å²) in [5.41, 5.74) is 6.09. The molecule has 6 heteroatoms. The monoisotopic (exact) mass is 479 g/mol. The number of amides is 2. The summed E-state index contributed by atoms with van der Waals surface area (Å²) in [5, 5.41) is 9.14. The molecule has 1 fully saturated rings. The second-order valence-corrected chi connectivity index (χ2v) is 9.93. The average Bonchev–Trinajstić information content (AvgIpc) is 3.20.